The molecule has 8 heteroatoms. The molecule has 1 atom stereocenters. The predicted octanol–water partition coefficient (Wildman–Crippen LogP) is 8.06. The number of hydrogen-bond donors (Lipinski definition) is 0. The van der Waals surface area contributed by atoms with Gasteiger partial charge in [0.2, 0.25) is 0 Å². The molecule has 0 spiro atoms. The first kappa shape index (κ1) is 34.1. The Hall–Kier alpha value is -3.78. The topological polar surface area (TPSA) is 78.0 Å². The molecule has 3 aromatic rings. The van der Waals surface area contributed by atoms with Crippen LogP contribution in [0.25, 0.3) is 11.1 Å². The average molecular weight is 619 g/mol. The monoisotopic (exact) mass is 618 g/mol. The molecule has 1 aromatic heterocycles. The number of nitrogens with zero attached hydrogens (tertiary/aromatic N) is 2. The number of aromatic nitrogens is 1. The van der Waals surface area contributed by atoms with Crippen LogP contribution in [0.3, 0.4) is 0 Å². The molecule has 4 rings (SSSR count). The Morgan fingerprint density at radius 1 is 1.04 bits per heavy atom. The zero-order chi connectivity index (χ0) is 32.9. The molecule has 0 radical (unpaired) electrons. The summed E-state index contributed by atoms with van der Waals surface area (Å²) in [5, 5.41) is 0. The van der Waals surface area contributed by atoms with Crippen LogP contribution in [-0.4, -0.2) is 48.6 Å². The van der Waals surface area contributed by atoms with Crippen LogP contribution in [0.2, 0.25) is 0 Å². The highest BCUT2D eigenvalue weighted by Gasteiger charge is 2.38. The van der Waals surface area contributed by atoms with Crippen molar-refractivity contribution in [2.24, 2.45) is 5.41 Å². The van der Waals surface area contributed by atoms with E-state index >= 15 is 0 Å². The van der Waals surface area contributed by atoms with Gasteiger partial charge in [-0.1, -0.05) is 38.1 Å². The molecule has 0 saturated carbocycles. The van der Waals surface area contributed by atoms with Gasteiger partial charge in [-0.15, -0.1) is 0 Å². The van der Waals surface area contributed by atoms with Crippen molar-refractivity contribution in [3.05, 3.63) is 76.9 Å². The standard InChI is InChI=1S/C37H47FN2O5/c1-24(2)44-35(42)34(45-36(4,5)6)31-25(3)39-30(23-41)32(33(31)40-20-18-37(7,8)19-21-40)27-11-15-29(16-12-27)43-22-17-26-9-13-28(38)14-10-26/h9-16,23-24,34H,17-22H2,1-8H3. The number of piperidine rings is 1. The summed E-state index contributed by atoms with van der Waals surface area (Å²) in [7, 11) is 0. The molecule has 1 fully saturated rings. The van der Waals surface area contributed by atoms with Crippen molar-refractivity contribution in [1.82, 2.24) is 4.98 Å². The fourth-order valence-electron chi connectivity index (χ4n) is 5.60. The quantitative estimate of drug-likeness (QED) is 0.159. The Morgan fingerprint density at radius 2 is 1.67 bits per heavy atom. The second-order valence-electron chi connectivity index (χ2n) is 13.8. The molecule has 1 unspecified atom stereocenters. The van der Waals surface area contributed by atoms with E-state index in [1.54, 1.807) is 12.1 Å². The first-order valence-corrected chi connectivity index (χ1v) is 15.8. The van der Waals surface area contributed by atoms with E-state index in [0.717, 1.165) is 49.0 Å². The summed E-state index contributed by atoms with van der Waals surface area (Å²) >= 11 is 0. The summed E-state index contributed by atoms with van der Waals surface area (Å²) in [4.78, 5) is 33.3. The van der Waals surface area contributed by atoms with Crippen molar-refractivity contribution in [3.63, 3.8) is 0 Å². The molecule has 45 heavy (non-hydrogen) atoms. The number of ether oxygens (including phenoxy) is 3. The van der Waals surface area contributed by atoms with Crippen LogP contribution >= 0.6 is 0 Å². The van der Waals surface area contributed by atoms with Crippen molar-refractivity contribution in [1.29, 1.82) is 0 Å². The smallest absolute Gasteiger partial charge is 0.340 e. The summed E-state index contributed by atoms with van der Waals surface area (Å²) in [5.74, 6) is -0.0814. The van der Waals surface area contributed by atoms with E-state index in [-0.39, 0.29) is 17.3 Å². The number of anilines is 1. The lowest BCUT2D eigenvalue weighted by Crippen LogP contribution is -2.39. The number of carbonyl (C=O) groups excluding carboxylic acids is 2. The molecule has 1 saturated heterocycles. The molecule has 1 aliphatic heterocycles. The lowest BCUT2D eigenvalue weighted by molar-refractivity contribution is -0.171. The van der Waals surface area contributed by atoms with Gasteiger partial charge in [-0.3, -0.25) is 4.79 Å². The fraction of sp³-hybridized carbons (Fsp3) is 0.486. The zero-order valence-corrected chi connectivity index (χ0v) is 27.9. The minimum Gasteiger partial charge on any atom is -0.493 e. The number of carbonyl (C=O) groups is 2. The molecule has 0 N–H and O–H groups in total. The van der Waals surface area contributed by atoms with Gasteiger partial charge in [0.05, 0.1) is 24.0 Å². The Bertz CT molecular complexity index is 1470. The Morgan fingerprint density at radius 3 is 2.22 bits per heavy atom. The van der Waals surface area contributed by atoms with E-state index < -0.39 is 17.7 Å². The van der Waals surface area contributed by atoms with Gasteiger partial charge < -0.3 is 19.1 Å². The van der Waals surface area contributed by atoms with Crippen molar-refractivity contribution in [2.75, 3.05) is 24.6 Å². The lowest BCUT2D eigenvalue weighted by Gasteiger charge is -2.41. The van der Waals surface area contributed by atoms with Crippen LogP contribution in [0.5, 0.6) is 5.75 Å². The maximum atomic E-state index is 13.7. The van der Waals surface area contributed by atoms with E-state index in [9.17, 15) is 14.0 Å². The third kappa shape index (κ3) is 8.91. The first-order valence-electron chi connectivity index (χ1n) is 15.8. The molecule has 242 valence electrons. The van der Waals surface area contributed by atoms with Gasteiger partial charge in [0.1, 0.15) is 17.3 Å². The third-order valence-corrected chi connectivity index (χ3v) is 7.99. The lowest BCUT2D eigenvalue weighted by atomic mass is 9.81. The SMILES string of the molecule is Cc1nc(C=O)c(-c2ccc(OCCc3ccc(F)cc3)cc2)c(N2CCC(C)(C)CC2)c1C(OC(C)(C)C)C(=O)OC(C)C. The Balaban J connectivity index is 1.79. The maximum Gasteiger partial charge on any atom is 0.340 e. The van der Waals surface area contributed by atoms with E-state index in [2.05, 4.69) is 18.7 Å². The van der Waals surface area contributed by atoms with Gasteiger partial charge in [-0.2, -0.15) is 0 Å². The average Bonchev–Trinajstić information content (AvgIpc) is 2.96. The van der Waals surface area contributed by atoms with E-state index in [1.807, 2.05) is 65.8 Å². The minimum atomic E-state index is -1.04. The van der Waals surface area contributed by atoms with Gasteiger partial charge in [0, 0.05) is 36.3 Å². The molecular formula is C37H47FN2O5. The highest BCUT2D eigenvalue weighted by atomic mass is 19.1. The normalized spacial score (nSPS) is 15.6. The maximum absolute atomic E-state index is 13.7. The highest BCUT2D eigenvalue weighted by Crippen LogP contribution is 2.45. The van der Waals surface area contributed by atoms with Gasteiger partial charge in [-0.05, 0) is 95.2 Å². The minimum absolute atomic E-state index is 0.178. The van der Waals surface area contributed by atoms with Gasteiger partial charge in [0.15, 0.2) is 12.4 Å². The van der Waals surface area contributed by atoms with Gasteiger partial charge >= 0.3 is 5.97 Å². The number of esters is 1. The van der Waals surface area contributed by atoms with Crippen LogP contribution in [-0.2, 0) is 20.7 Å². The largest absolute Gasteiger partial charge is 0.493 e. The Labute approximate surface area is 267 Å². The molecule has 1 aliphatic rings. The van der Waals surface area contributed by atoms with E-state index in [0.29, 0.717) is 41.3 Å². The number of pyridine rings is 1. The zero-order valence-electron chi connectivity index (χ0n) is 27.9. The van der Waals surface area contributed by atoms with Crippen LogP contribution in [0, 0.1) is 18.2 Å². The predicted molar refractivity (Wildman–Crippen MR) is 175 cm³/mol. The van der Waals surface area contributed by atoms with Gasteiger partial charge in [0.25, 0.3) is 0 Å². The van der Waals surface area contributed by atoms with E-state index in [1.165, 1.54) is 12.1 Å². The highest BCUT2D eigenvalue weighted by molar-refractivity contribution is 5.96. The number of aryl methyl sites for hydroxylation is 1. The second-order valence-corrected chi connectivity index (χ2v) is 13.8. The molecule has 0 aliphatic carbocycles. The fourth-order valence-corrected chi connectivity index (χ4v) is 5.60. The number of halogens is 1. The molecule has 0 bridgehead atoms. The van der Waals surface area contributed by atoms with Gasteiger partial charge in [-0.25, -0.2) is 14.2 Å². The third-order valence-electron chi connectivity index (χ3n) is 7.99. The van der Waals surface area contributed by atoms with Crippen molar-refractivity contribution < 1.29 is 28.2 Å². The number of benzene rings is 2. The summed E-state index contributed by atoms with van der Waals surface area (Å²) < 4.78 is 31.4. The summed E-state index contributed by atoms with van der Waals surface area (Å²) in [5.41, 5.74) is 4.19. The number of hydrogen-bond acceptors (Lipinski definition) is 7. The first-order chi connectivity index (χ1) is 21.2. The molecule has 2 heterocycles. The summed E-state index contributed by atoms with van der Waals surface area (Å²) in [6.45, 7) is 17.6. The summed E-state index contributed by atoms with van der Waals surface area (Å²) in [6.07, 6.45) is 1.94. The molecule has 2 aromatic carbocycles. The van der Waals surface area contributed by atoms with Crippen LogP contribution in [0.15, 0.2) is 48.5 Å². The number of aldehydes is 1. The van der Waals surface area contributed by atoms with Crippen LogP contribution in [0.1, 0.15) is 94.7 Å². The second kappa shape index (κ2) is 14.1. The van der Waals surface area contributed by atoms with E-state index in [4.69, 9.17) is 19.2 Å². The van der Waals surface area contributed by atoms with Crippen molar-refractivity contribution in [2.45, 2.75) is 92.5 Å². The van der Waals surface area contributed by atoms with Crippen LogP contribution < -0.4 is 9.64 Å². The van der Waals surface area contributed by atoms with Crippen molar-refractivity contribution in [3.8, 4) is 16.9 Å². The van der Waals surface area contributed by atoms with Crippen molar-refractivity contribution >= 4 is 17.9 Å². The summed E-state index contributed by atoms with van der Waals surface area (Å²) in [6, 6.07) is 14.0. The molecule has 0 amide bonds. The molecule has 7 nitrogen and oxygen atoms in total. The van der Waals surface area contributed by atoms with Crippen LogP contribution in [0.4, 0.5) is 10.1 Å². The Kier molecular flexibility index (Phi) is 10.7. The molecular weight excluding hydrogens is 571 g/mol. The number of rotatable bonds is 11.